The van der Waals surface area contributed by atoms with E-state index in [1.807, 2.05) is 0 Å². The first-order valence-electron chi connectivity index (χ1n) is 4.14. The van der Waals surface area contributed by atoms with Crippen LogP contribution in [-0.4, -0.2) is 13.1 Å². The zero-order valence-electron chi connectivity index (χ0n) is 6.73. The van der Waals surface area contributed by atoms with Gasteiger partial charge in [0.1, 0.15) is 0 Å². The molecule has 1 nitrogen and oxygen atoms in total. The third-order valence-corrected chi connectivity index (χ3v) is 2.08. The second kappa shape index (κ2) is 5.99. The number of rotatable bonds is 4. The van der Waals surface area contributed by atoms with Gasteiger partial charge in [0.15, 0.2) is 0 Å². The van der Waals surface area contributed by atoms with E-state index >= 15 is 0 Å². The molecule has 0 bridgehead atoms. The quantitative estimate of drug-likeness (QED) is 0.627. The minimum absolute atomic E-state index is 0. The molecule has 1 rings (SSSR count). The molecule has 1 aliphatic rings. The molecule has 0 aromatic carbocycles. The number of halogens is 1. The summed E-state index contributed by atoms with van der Waals surface area (Å²) < 4.78 is 0. The Kier molecular flexibility index (Phi) is 6.14. The van der Waals surface area contributed by atoms with Gasteiger partial charge in [-0.1, -0.05) is 26.2 Å². The molecule has 2 heteroatoms. The molecular formula is C8H18ClN. The minimum Gasteiger partial charge on any atom is -0.316 e. The van der Waals surface area contributed by atoms with Crippen LogP contribution in [0.25, 0.3) is 0 Å². The Balaban J connectivity index is 0.000000810. The predicted octanol–water partition coefficient (Wildman–Crippen LogP) is 2.21. The summed E-state index contributed by atoms with van der Waals surface area (Å²) in [7, 11) is 0. The van der Waals surface area contributed by atoms with E-state index in [0.717, 1.165) is 5.92 Å². The number of hydrogen-bond donors (Lipinski definition) is 1. The van der Waals surface area contributed by atoms with Gasteiger partial charge in [0, 0.05) is 0 Å². The van der Waals surface area contributed by atoms with E-state index in [2.05, 4.69) is 12.2 Å². The Labute approximate surface area is 70.0 Å². The molecule has 1 saturated heterocycles. The molecule has 0 spiro atoms. The summed E-state index contributed by atoms with van der Waals surface area (Å²) in [4.78, 5) is 0. The maximum Gasteiger partial charge on any atom is -0.000826 e. The van der Waals surface area contributed by atoms with Gasteiger partial charge in [-0.15, -0.1) is 12.4 Å². The van der Waals surface area contributed by atoms with Crippen molar-refractivity contribution in [2.24, 2.45) is 5.92 Å². The van der Waals surface area contributed by atoms with Gasteiger partial charge in [-0.2, -0.15) is 0 Å². The second-order valence-corrected chi connectivity index (χ2v) is 3.02. The SMILES string of the molecule is CCCCCC1CNC1.Cl. The van der Waals surface area contributed by atoms with Gasteiger partial charge in [0.05, 0.1) is 0 Å². The maximum atomic E-state index is 3.29. The zero-order valence-corrected chi connectivity index (χ0v) is 7.54. The van der Waals surface area contributed by atoms with Crippen LogP contribution in [-0.2, 0) is 0 Å². The Morgan fingerprint density at radius 3 is 2.40 bits per heavy atom. The van der Waals surface area contributed by atoms with Crippen molar-refractivity contribution in [3.63, 3.8) is 0 Å². The standard InChI is InChI=1S/C8H17N.ClH/c1-2-3-4-5-8-6-9-7-8;/h8-9H,2-7H2,1H3;1H. The van der Waals surface area contributed by atoms with E-state index < -0.39 is 0 Å². The van der Waals surface area contributed by atoms with Crippen LogP contribution in [0.3, 0.4) is 0 Å². The van der Waals surface area contributed by atoms with Crippen LogP contribution < -0.4 is 5.32 Å². The Bertz CT molecular complexity index is 71.7. The van der Waals surface area contributed by atoms with E-state index in [1.165, 1.54) is 38.8 Å². The molecule has 0 radical (unpaired) electrons. The van der Waals surface area contributed by atoms with E-state index in [1.54, 1.807) is 0 Å². The molecule has 1 aliphatic heterocycles. The highest BCUT2D eigenvalue weighted by Gasteiger charge is 2.14. The van der Waals surface area contributed by atoms with Gasteiger partial charge >= 0.3 is 0 Å². The summed E-state index contributed by atoms with van der Waals surface area (Å²) in [5.74, 6) is 1.02. The molecule has 0 unspecified atom stereocenters. The lowest BCUT2D eigenvalue weighted by Crippen LogP contribution is -2.41. The fraction of sp³-hybridized carbons (Fsp3) is 1.00. The van der Waals surface area contributed by atoms with Crippen LogP contribution in [0.1, 0.15) is 32.6 Å². The van der Waals surface area contributed by atoms with Gasteiger partial charge in [-0.05, 0) is 25.4 Å². The molecule has 0 aromatic rings. The van der Waals surface area contributed by atoms with E-state index in [9.17, 15) is 0 Å². The molecule has 1 N–H and O–H groups in total. The summed E-state index contributed by atoms with van der Waals surface area (Å²) in [5.41, 5.74) is 0. The average Bonchev–Trinajstić information content (AvgIpc) is 1.76. The van der Waals surface area contributed by atoms with Crippen LogP contribution in [0, 0.1) is 5.92 Å². The highest BCUT2D eigenvalue weighted by Crippen LogP contribution is 2.12. The van der Waals surface area contributed by atoms with Crippen molar-refractivity contribution in [1.82, 2.24) is 5.32 Å². The summed E-state index contributed by atoms with van der Waals surface area (Å²) in [6.45, 7) is 4.83. The van der Waals surface area contributed by atoms with Crippen LogP contribution in [0.15, 0.2) is 0 Å². The largest absolute Gasteiger partial charge is 0.316 e. The summed E-state index contributed by atoms with van der Waals surface area (Å²) >= 11 is 0. The molecule has 0 atom stereocenters. The van der Waals surface area contributed by atoms with Gasteiger partial charge in [0.2, 0.25) is 0 Å². The van der Waals surface area contributed by atoms with Crippen LogP contribution in [0.5, 0.6) is 0 Å². The smallest absolute Gasteiger partial charge is 0.000826 e. The number of nitrogens with one attached hydrogen (secondary N) is 1. The molecule has 62 valence electrons. The third-order valence-electron chi connectivity index (χ3n) is 2.08. The monoisotopic (exact) mass is 163 g/mol. The first kappa shape index (κ1) is 10.2. The molecule has 1 heterocycles. The number of unbranched alkanes of at least 4 members (excludes halogenated alkanes) is 2. The van der Waals surface area contributed by atoms with Crippen molar-refractivity contribution in [2.45, 2.75) is 32.6 Å². The Hall–Kier alpha value is 0.250. The molecule has 1 fully saturated rings. The van der Waals surface area contributed by atoms with Gasteiger partial charge in [-0.3, -0.25) is 0 Å². The van der Waals surface area contributed by atoms with Crippen LogP contribution >= 0.6 is 12.4 Å². The minimum atomic E-state index is 0. The van der Waals surface area contributed by atoms with Crippen molar-refractivity contribution in [3.8, 4) is 0 Å². The Morgan fingerprint density at radius 1 is 1.30 bits per heavy atom. The fourth-order valence-corrected chi connectivity index (χ4v) is 1.24. The normalized spacial score (nSPS) is 17.7. The second-order valence-electron chi connectivity index (χ2n) is 3.02. The molecule has 0 saturated carbocycles. The third kappa shape index (κ3) is 3.43. The van der Waals surface area contributed by atoms with Crippen LogP contribution in [0.2, 0.25) is 0 Å². The van der Waals surface area contributed by atoms with E-state index in [4.69, 9.17) is 0 Å². The highest BCUT2D eigenvalue weighted by atomic mass is 35.5. The van der Waals surface area contributed by atoms with Crippen molar-refractivity contribution in [1.29, 1.82) is 0 Å². The van der Waals surface area contributed by atoms with Crippen LogP contribution in [0.4, 0.5) is 0 Å². The van der Waals surface area contributed by atoms with E-state index in [0.29, 0.717) is 0 Å². The maximum absolute atomic E-state index is 3.29. The van der Waals surface area contributed by atoms with Crippen molar-refractivity contribution >= 4 is 12.4 Å². The molecule has 0 amide bonds. The topological polar surface area (TPSA) is 12.0 Å². The fourth-order valence-electron chi connectivity index (χ4n) is 1.24. The Morgan fingerprint density at radius 2 is 2.00 bits per heavy atom. The highest BCUT2D eigenvalue weighted by molar-refractivity contribution is 5.85. The summed E-state index contributed by atoms with van der Waals surface area (Å²) in [5, 5.41) is 3.29. The van der Waals surface area contributed by atoms with E-state index in [-0.39, 0.29) is 12.4 Å². The first-order valence-corrected chi connectivity index (χ1v) is 4.14. The van der Waals surface area contributed by atoms with Crippen molar-refractivity contribution in [3.05, 3.63) is 0 Å². The predicted molar refractivity (Wildman–Crippen MR) is 47.7 cm³/mol. The zero-order chi connectivity index (χ0) is 6.53. The average molecular weight is 164 g/mol. The van der Waals surface area contributed by atoms with Crippen molar-refractivity contribution in [2.75, 3.05) is 13.1 Å². The molecule has 0 aromatic heterocycles. The molecule has 10 heavy (non-hydrogen) atoms. The lowest BCUT2D eigenvalue weighted by molar-refractivity contribution is 0.317. The molecule has 0 aliphatic carbocycles. The lowest BCUT2D eigenvalue weighted by Gasteiger charge is -2.26. The van der Waals surface area contributed by atoms with Gasteiger partial charge < -0.3 is 5.32 Å². The lowest BCUT2D eigenvalue weighted by atomic mass is 9.96. The molecular weight excluding hydrogens is 146 g/mol. The summed E-state index contributed by atoms with van der Waals surface area (Å²) in [6.07, 6.45) is 5.69. The van der Waals surface area contributed by atoms with Gasteiger partial charge in [-0.25, -0.2) is 0 Å². The van der Waals surface area contributed by atoms with Crippen molar-refractivity contribution < 1.29 is 0 Å². The van der Waals surface area contributed by atoms with Gasteiger partial charge in [0.25, 0.3) is 0 Å². The summed E-state index contributed by atoms with van der Waals surface area (Å²) in [6, 6.07) is 0. The first-order chi connectivity index (χ1) is 4.43. The number of hydrogen-bond acceptors (Lipinski definition) is 1.